The van der Waals surface area contributed by atoms with E-state index in [1.54, 1.807) is 0 Å². The minimum atomic E-state index is -0.0752. The predicted octanol–water partition coefficient (Wildman–Crippen LogP) is 7.10. The molecule has 5 nitrogen and oxygen atoms in total. The first-order chi connectivity index (χ1) is 19.7. The van der Waals surface area contributed by atoms with Crippen molar-refractivity contribution in [2.75, 3.05) is 32.7 Å². The van der Waals surface area contributed by atoms with Crippen LogP contribution in [0.25, 0.3) is 0 Å². The molecular formula is C36H65N3O2. The predicted molar refractivity (Wildman–Crippen MR) is 172 cm³/mol. The third kappa shape index (κ3) is 7.98. The smallest absolute Gasteiger partial charge is 0.320 e. The van der Waals surface area contributed by atoms with Gasteiger partial charge in [-0.1, -0.05) is 72.5 Å². The molecule has 0 aromatic carbocycles. The van der Waals surface area contributed by atoms with Crippen LogP contribution in [-0.2, 0) is 9.53 Å². The lowest BCUT2D eigenvalue weighted by Gasteiger charge is -2.59. The third-order valence-electron chi connectivity index (χ3n) is 12.4. The first kappa shape index (κ1) is 33.0. The maximum Gasteiger partial charge on any atom is 0.320 e. The van der Waals surface area contributed by atoms with E-state index in [4.69, 9.17) is 10.5 Å². The molecule has 0 aromatic rings. The van der Waals surface area contributed by atoms with Crippen molar-refractivity contribution in [3.8, 4) is 0 Å². The van der Waals surface area contributed by atoms with Gasteiger partial charge < -0.3 is 21.1 Å². The monoisotopic (exact) mass is 572 g/mol. The van der Waals surface area contributed by atoms with Crippen LogP contribution in [0.5, 0.6) is 0 Å². The maximum atomic E-state index is 12.6. The second kappa shape index (κ2) is 15.2. The zero-order chi connectivity index (χ0) is 29.5. The van der Waals surface area contributed by atoms with E-state index >= 15 is 0 Å². The number of allylic oxidation sites excluding steroid dienone is 2. The summed E-state index contributed by atoms with van der Waals surface area (Å²) in [5.74, 6) is 5.48. The van der Waals surface area contributed by atoms with Gasteiger partial charge in [0, 0.05) is 13.1 Å². The van der Waals surface area contributed by atoms with E-state index in [0.717, 1.165) is 87.2 Å². The molecule has 4 aliphatic carbocycles. The fourth-order valence-electron chi connectivity index (χ4n) is 10.0. The molecule has 0 saturated heterocycles. The number of unbranched alkanes of at least 4 members (excludes halogenated alkanes) is 2. The van der Waals surface area contributed by atoms with Crippen LogP contribution >= 0.6 is 0 Å². The number of carbonyl (C=O) groups is 1. The Labute approximate surface area is 253 Å². The molecule has 9 unspecified atom stereocenters. The van der Waals surface area contributed by atoms with Crippen molar-refractivity contribution in [2.24, 2.45) is 58.0 Å². The van der Waals surface area contributed by atoms with Gasteiger partial charge in [-0.15, -0.1) is 0 Å². The van der Waals surface area contributed by atoms with Crippen LogP contribution in [0.2, 0.25) is 0 Å². The Hall–Kier alpha value is -0.910. The van der Waals surface area contributed by atoms with Gasteiger partial charge in [0.15, 0.2) is 0 Å². The van der Waals surface area contributed by atoms with Crippen LogP contribution < -0.4 is 16.4 Å². The van der Waals surface area contributed by atoms with E-state index in [-0.39, 0.29) is 12.1 Å². The summed E-state index contributed by atoms with van der Waals surface area (Å²) in [4.78, 5) is 12.6. The van der Waals surface area contributed by atoms with Gasteiger partial charge in [-0.05, 0) is 123 Å². The minimum absolute atomic E-state index is 0.0752. The molecule has 4 N–H and O–H groups in total. The van der Waals surface area contributed by atoms with Crippen molar-refractivity contribution < 1.29 is 9.53 Å². The second-order valence-electron chi connectivity index (χ2n) is 15.5. The van der Waals surface area contributed by atoms with Crippen molar-refractivity contribution >= 4 is 5.97 Å². The summed E-state index contributed by atoms with van der Waals surface area (Å²) >= 11 is 0. The minimum Gasteiger partial charge on any atom is -0.461 e. The standard InChI is InChI=1S/C36H65N3O2/c1-26(2)10-9-11-27(3)31-14-15-32-30-13-12-28-24-29(16-18-35(28,4)33(30)17-19-36(31,32)5)41-34(40)25-39-22-8-6-7-21-38-23-20-37/h12-13,26-33,38-39H,6-11,14-25,37H2,1-5H3. The topological polar surface area (TPSA) is 76.4 Å². The molecule has 0 aromatic heterocycles. The molecule has 0 amide bonds. The molecular weight excluding hydrogens is 506 g/mol. The van der Waals surface area contributed by atoms with Gasteiger partial charge in [-0.2, -0.15) is 0 Å². The van der Waals surface area contributed by atoms with Crippen LogP contribution in [0.15, 0.2) is 12.2 Å². The lowest BCUT2D eigenvalue weighted by atomic mass is 9.46. The summed E-state index contributed by atoms with van der Waals surface area (Å²) in [5, 5.41) is 6.63. The van der Waals surface area contributed by atoms with Gasteiger partial charge in [0.1, 0.15) is 6.10 Å². The number of hydrogen-bond donors (Lipinski definition) is 3. The second-order valence-corrected chi connectivity index (χ2v) is 15.5. The number of rotatable bonds is 16. The Bertz CT molecular complexity index is 845. The van der Waals surface area contributed by atoms with Crippen molar-refractivity contribution in [1.82, 2.24) is 10.6 Å². The van der Waals surface area contributed by atoms with Crippen LogP contribution in [0.4, 0.5) is 0 Å². The highest BCUT2D eigenvalue weighted by molar-refractivity contribution is 5.71. The molecule has 4 aliphatic rings. The molecule has 41 heavy (non-hydrogen) atoms. The Morgan fingerprint density at radius 3 is 2.37 bits per heavy atom. The van der Waals surface area contributed by atoms with Crippen LogP contribution in [0.1, 0.15) is 118 Å². The van der Waals surface area contributed by atoms with Gasteiger partial charge in [-0.3, -0.25) is 4.79 Å². The zero-order valence-electron chi connectivity index (χ0n) is 27.4. The molecule has 0 bridgehead atoms. The number of fused-ring (bicyclic) bond motifs is 5. The van der Waals surface area contributed by atoms with Crippen LogP contribution in [-0.4, -0.2) is 44.8 Å². The third-order valence-corrected chi connectivity index (χ3v) is 12.4. The maximum absolute atomic E-state index is 12.6. The fourth-order valence-corrected chi connectivity index (χ4v) is 10.0. The zero-order valence-corrected chi connectivity index (χ0v) is 27.4. The highest BCUT2D eigenvalue weighted by Crippen LogP contribution is 2.67. The van der Waals surface area contributed by atoms with Crippen LogP contribution in [0, 0.1) is 52.3 Å². The number of hydrogen-bond acceptors (Lipinski definition) is 5. The summed E-state index contributed by atoms with van der Waals surface area (Å²) in [6, 6.07) is 0. The van der Waals surface area contributed by atoms with Gasteiger partial charge in [0.05, 0.1) is 6.54 Å². The molecule has 236 valence electrons. The lowest BCUT2D eigenvalue weighted by molar-refractivity contribution is -0.154. The lowest BCUT2D eigenvalue weighted by Crippen LogP contribution is -2.52. The number of nitrogens with two attached hydrogens (primary N) is 1. The number of ether oxygens (including phenoxy) is 1. The average Bonchev–Trinajstić information content (AvgIpc) is 3.29. The SMILES string of the molecule is CC(C)CCCC(C)C1CCC2C3C=CC4CC(OC(=O)CNCCCCCNCCN)CCC4(C)C3CCC12C. The van der Waals surface area contributed by atoms with Crippen molar-refractivity contribution in [2.45, 2.75) is 124 Å². The summed E-state index contributed by atoms with van der Waals surface area (Å²) in [6.45, 7) is 16.4. The summed E-state index contributed by atoms with van der Waals surface area (Å²) in [6.07, 6.45) is 21.8. The van der Waals surface area contributed by atoms with Gasteiger partial charge in [0.25, 0.3) is 0 Å². The van der Waals surface area contributed by atoms with E-state index < -0.39 is 0 Å². The quantitative estimate of drug-likeness (QED) is 0.105. The molecule has 0 aliphatic heterocycles. The van der Waals surface area contributed by atoms with Crippen molar-refractivity contribution in [3.05, 3.63) is 12.2 Å². The number of esters is 1. The van der Waals surface area contributed by atoms with E-state index in [1.165, 1.54) is 51.4 Å². The van der Waals surface area contributed by atoms with E-state index in [0.29, 0.717) is 29.8 Å². The first-order valence-electron chi connectivity index (χ1n) is 17.7. The normalized spacial score (nSPS) is 37.0. The van der Waals surface area contributed by atoms with Crippen molar-refractivity contribution in [3.63, 3.8) is 0 Å². The summed E-state index contributed by atoms with van der Waals surface area (Å²) in [5.41, 5.74) is 6.38. The Kier molecular flexibility index (Phi) is 12.2. The van der Waals surface area contributed by atoms with Gasteiger partial charge >= 0.3 is 5.97 Å². The number of carbonyl (C=O) groups excluding carboxylic acids is 1. The summed E-state index contributed by atoms with van der Waals surface area (Å²) in [7, 11) is 0. The molecule has 9 atom stereocenters. The van der Waals surface area contributed by atoms with E-state index in [2.05, 4.69) is 57.4 Å². The molecule has 4 rings (SSSR count). The molecule has 3 saturated carbocycles. The summed E-state index contributed by atoms with van der Waals surface area (Å²) < 4.78 is 6.01. The fraction of sp³-hybridized carbons (Fsp3) is 0.917. The first-order valence-corrected chi connectivity index (χ1v) is 17.7. The van der Waals surface area contributed by atoms with Crippen molar-refractivity contribution in [1.29, 1.82) is 0 Å². The Balaban J connectivity index is 1.24. The Morgan fingerprint density at radius 1 is 0.878 bits per heavy atom. The van der Waals surface area contributed by atoms with E-state index in [9.17, 15) is 4.79 Å². The highest BCUT2D eigenvalue weighted by atomic mass is 16.5. The largest absolute Gasteiger partial charge is 0.461 e. The molecule has 5 heteroatoms. The highest BCUT2D eigenvalue weighted by Gasteiger charge is 2.59. The van der Waals surface area contributed by atoms with Gasteiger partial charge in [-0.25, -0.2) is 0 Å². The molecule has 0 radical (unpaired) electrons. The van der Waals surface area contributed by atoms with E-state index in [1.807, 2.05) is 0 Å². The molecule has 0 spiro atoms. The van der Waals surface area contributed by atoms with Gasteiger partial charge in [0.2, 0.25) is 0 Å². The number of nitrogens with one attached hydrogen (secondary N) is 2. The average molecular weight is 572 g/mol. The van der Waals surface area contributed by atoms with Crippen LogP contribution in [0.3, 0.4) is 0 Å². The molecule has 0 heterocycles. The Morgan fingerprint density at radius 2 is 1.61 bits per heavy atom. The molecule has 3 fully saturated rings.